The van der Waals surface area contributed by atoms with Gasteiger partial charge in [-0.1, -0.05) is 0 Å². The number of thiophene rings is 1. The van der Waals surface area contributed by atoms with Gasteiger partial charge in [0.05, 0.1) is 19.8 Å². The van der Waals surface area contributed by atoms with E-state index in [-0.39, 0.29) is 18.0 Å². The summed E-state index contributed by atoms with van der Waals surface area (Å²) in [5.41, 5.74) is 1.74. The first-order valence-electron chi connectivity index (χ1n) is 10.1. The number of anilines is 1. The number of hydrogen-bond donors (Lipinski definition) is 3. The largest absolute Gasteiger partial charge is 0.490 e. The van der Waals surface area contributed by atoms with Crippen molar-refractivity contribution in [2.45, 2.75) is 46.2 Å². The smallest absolute Gasteiger partial charge is 0.242 e. The third kappa shape index (κ3) is 6.66. The lowest BCUT2D eigenvalue weighted by Gasteiger charge is -2.20. The van der Waals surface area contributed by atoms with Crippen molar-refractivity contribution in [1.82, 2.24) is 10.6 Å². The second-order valence-corrected chi connectivity index (χ2v) is 9.18. The quantitative estimate of drug-likeness (QED) is 0.498. The molecule has 7 nitrogen and oxygen atoms in total. The number of fused-ring (bicyclic) bond motifs is 1. The average molecular weight is 431 g/mol. The lowest BCUT2D eigenvalue weighted by Crippen LogP contribution is -2.42. The molecule has 0 unspecified atom stereocenters. The molecule has 1 aliphatic rings. The molecule has 0 radical (unpaired) electrons. The highest BCUT2D eigenvalue weighted by molar-refractivity contribution is 7.10. The van der Waals surface area contributed by atoms with Crippen LogP contribution < -0.4 is 25.4 Å². The van der Waals surface area contributed by atoms with Crippen LogP contribution in [-0.2, 0) is 11.3 Å². The number of hydrogen-bond acceptors (Lipinski definition) is 5. The normalized spacial score (nSPS) is 14.1. The first kappa shape index (κ1) is 22.0. The highest BCUT2D eigenvalue weighted by atomic mass is 32.1. The molecule has 1 aliphatic heterocycles. The standard InChI is InChI=1S/C22H30N4O3S/c1-15-8-11-30-19(15)13-23-21(24-14-20(27)26-22(2,3)4)25-16-6-7-17-18(12-16)29-10-5-9-28-17/h6-8,11-12H,5,9-10,13-14H2,1-4H3,(H,26,27)(H2,23,24,25). The number of rotatable bonds is 5. The van der Waals surface area contributed by atoms with E-state index in [4.69, 9.17) is 9.47 Å². The zero-order valence-corrected chi connectivity index (χ0v) is 18.8. The van der Waals surface area contributed by atoms with Crippen LogP contribution >= 0.6 is 11.3 Å². The first-order valence-corrected chi connectivity index (χ1v) is 11.0. The van der Waals surface area contributed by atoms with Gasteiger partial charge in [0.25, 0.3) is 0 Å². The van der Waals surface area contributed by atoms with Crippen molar-refractivity contribution in [2.75, 3.05) is 25.1 Å². The summed E-state index contributed by atoms with van der Waals surface area (Å²) in [4.78, 5) is 17.9. The number of aliphatic imine (C=N–C) groups is 1. The highest BCUT2D eigenvalue weighted by Gasteiger charge is 2.14. The lowest BCUT2D eigenvalue weighted by molar-refractivity contribution is -0.121. The second-order valence-electron chi connectivity index (χ2n) is 8.18. The van der Waals surface area contributed by atoms with Crippen LogP contribution in [0, 0.1) is 6.92 Å². The van der Waals surface area contributed by atoms with E-state index in [1.54, 1.807) is 11.3 Å². The molecule has 0 saturated carbocycles. The maximum atomic E-state index is 12.2. The summed E-state index contributed by atoms with van der Waals surface area (Å²) in [5, 5.41) is 11.6. The number of nitrogens with zero attached hydrogens (tertiary/aromatic N) is 1. The molecule has 0 fully saturated rings. The summed E-state index contributed by atoms with van der Waals surface area (Å²) < 4.78 is 11.5. The van der Waals surface area contributed by atoms with Crippen molar-refractivity contribution < 1.29 is 14.3 Å². The molecule has 0 spiro atoms. The van der Waals surface area contributed by atoms with E-state index in [1.165, 1.54) is 10.4 Å². The molecule has 0 bridgehead atoms. The van der Waals surface area contributed by atoms with Crippen LogP contribution in [0.5, 0.6) is 11.5 Å². The van der Waals surface area contributed by atoms with Gasteiger partial charge < -0.3 is 25.4 Å². The maximum Gasteiger partial charge on any atom is 0.242 e. The Kier molecular flexibility index (Phi) is 7.20. The molecule has 2 aromatic rings. The molecule has 2 heterocycles. The molecule has 0 aliphatic carbocycles. The van der Waals surface area contributed by atoms with E-state index in [1.807, 2.05) is 39.0 Å². The molecule has 1 aromatic carbocycles. The van der Waals surface area contributed by atoms with E-state index in [2.05, 4.69) is 39.3 Å². The van der Waals surface area contributed by atoms with E-state index in [0.717, 1.165) is 17.9 Å². The van der Waals surface area contributed by atoms with Gasteiger partial charge >= 0.3 is 0 Å². The predicted octanol–water partition coefficient (Wildman–Crippen LogP) is 3.69. The number of ether oxygens (including phenoxy) is 2. The Morgan fingerprint density at radius 1 is 1.17 bits per heavy atom. The third-order valence-electron chi connectivity index (χ3n) is 4.29. The minimum absolute atomic E-state index is 0.0284. The van der Waals surface area contributed by atoms with Gasteiger partial charge in [-0.3, -0.25) is 4.79 Å². The summed E-state index contributed by atoms with van der Waals surface area (Å²) in [6, 6.07) is 7.78. The van der Waals surface area contributed by atoms with Crippen molar-refractivity contribution in [2.24, 2.45) is 4.99 Å². The fourth-order valence-corrected chi connectivity index (χ4v) is 3.72. The Labute approximate surface area is 181 Å². The maximum absolute atomic E-state index is 12.2. The van der Waals surface area contributed by atoms with Gasteiger partial charge in [0.1, 0.15) is 6.54 Å². The van der Waals surface area contributed by atoms with Gasteiger partial charge in [-0.05, 0) is 56.8 Å². The first-order chi connectivity index (χ1) is 14.3. The van der Waals surface area contributed by atoms with Crippen LogP contribution in [0.25, 0.3) is 0 Å². The van der Waals surface area contributed by atoms with Gasteiger partial charge in [0.2, 0.25) is 5.91 Å². The highest BCUT2D eigenvalue weighted by Crippen LogP contribution is 2.32. The number of nitrogens with one attached hydrogen (secondary N) is 3. The molecule has 3 rings (SSSR count). The number of carbonyl (C=O) groups is 1. The Morgan fingerprint density at radius 3 is 2.63 bits per heavy atom. The van der Waals surface area contributed by atoms with Crippen LogP contribution in [0.1, 0.15) is 37.6 Å². The lowest BCUT2D eigenvalue weighted by atomic mass is 10.1. The second kappa shape index (κ2) is 9.84. The number of guanidine groups is 1. The van der Waals surface area contributed by atoms with Crippen LogP contribution in [-0.4, -0.2) is 37.2 Å². The SMILES string of the molecule is Cc1ccsc1CNC(=NCC(=O)NC(C)(C)C)Nc1ccc2c(c1)OCCCO2. The Balaban J connectivity index is 1.73. The predicted molar refractivity (Wildman–Crippen MR) is 122 cm³/mol. The Bertz CT molecular complexity index is 902. The Hall–Kier alpha value is -2.74. The molecule has 1 aromatic heterocycles. The molecule has 0 saturated heterocycles. The van der Waals surface area contributed by atoms with Crippen LogP contribution in [0.2, 0.25) is 0 Å². The molecular weight excluding hydrogens is 400 g/mol. The Morgan fingerprint density at radius 2 is 1.93 bits per heavy atom. The minimum Gasteiger partial charge on any atom is -0.490 e. The number of aryl methyl sites for hydroxylation is 1. The number of amides is 1. The van der Waals surface area contributed by atoms with Crippen molar-refractivity contribution >= 4 is 28.9 Å². The monoisotopic (exact) mass is 430 g/mol. The van der Waals surface area contributed by atoms with Gasteiger partial charge in [-0.2, -0.15) is 0 Å². The topological polar surface area (TPSA) is 84.0 Å². The fourth-order valence-electron chi connectivity index (χ4n) is 2.88. The van der Waals surface area contributed by atoms with E-state index in [9.17, 15) is 4.79 Å². The van der Waals surface area contributed by atoms with Crippen LogP contribution in [0.3, 0.4) is 0 Å². The van der Waals surface area contributed by atoms with E-state index in [0.29, 0.717) is 31.5 Å². The molecule has 8 heteroatoms. The summed E-state index contributed by atoms with van der Waals surface area (Å²) in [7, 11) is 0. The average Bonchev–Trinajstić information content (AvgIpc) is 2.94. The van der Waals surface area contributed by atoms with Crippen LogP contribution in [0.4, 0.5) is 5.69 Å². The summed E-state index contributed by atoms with van der Waals surface area (Å²) in [6.45, 7) is 9.85. The number of benzene rings is 1. The van der Waals surface area contributed by atoms with Gasteiger partial charge in [-0.15, -0.1) is 11.3 Å². The molecule has 162 valence electrons. The van der Waals surface area contributed by atoms with Gasteiger partial charge in [0.15, 0.2) is 17.5 Å². The van der Waals surface area contributed by atoms with Gasteiger partial charge in [-0.25, -0.2) is 4.99 Å². The van der Waals surface area contributed by atoms with Crippen LogP contribution in [0.15, 0.2) is 34.6 Å². The summed E-state index contributed by atoms with van der Waals surface area (Å²) in [6.07, 6.45) is 0.856. The van der Waals surface area contributed by atoms with E-state index < -0.39 is 0 Å². The molecule has 30 heavy (non-hydrogen) atoms. The van der Waals surface area contributed by atoms with Crippen molar-refractivity contribution in [1.29, 1.82) is 0 Å². The van der Waals surface area contributed by atoms with Crippen molar-refractivity contribution in [3.8, 4) is 11.5 Å². The van der Waals surface area contributed by atoms with Gasteiger partial charge in [0, 0.05) is 28.6 Å². The van der Waals surface area contributed by atoms with Crippen molar-refractivity contribution in [3.63, 3.8) is 0 Å². The molecule has 3 N–H and O–H groups in total. The summed E-state index contributed by atoms with van der Waals surface area (Å²) in [5.74, 6) is 1.84. The fraction of sp³-hybridized carbons (Fsp3) is 0.455. The minimum atomic E-state index is -0.296. The summed E-state index contributed by atoms with van der Waals surface area (Å²) >= 11 is 1.69. The third-order valence-corrected chi connectivity index (χ3v) is 5.31. The molecule has 1 amide bonds. The molecule has 0 atom stereocenters. The zero-order valence-electron chi connectivity index (χ0n) is 18.0. The number of carbonyl (C=O) groups excluding carboxylic acids is 1. The molecular formula is C22H30N4O3S. The van der Waals surface area contributed by atoms with E-state index >= 15 is 0 Å². The van der Waals surface area contributed by atoms with Crippen molar-refractivity contribution in [3.05, 3.63) is 40.1 Å². The zero-order chi connectivity index (χ0) is 21.6.